The highest BCUT2D eigenvalue weighted by molar-refractivity contribution is 6.31. The van der Waals surface area contributed by atoms with Crippen LogP contribution in [0.15, 0.2) is 42.5 Å². The molecule has 4 rings (SSSR count). The van der Waals surface area contributed by atoms with Crippen molar-refractivity contribution >= 4 is 23.2 Å². The van der Waals surface area contributed by atoms with Crippen LogP contribution in [-0.2, 0) is 0 Å². The van der Waals surface area contributed by atoms with E-state index in [1.54, 1.807) is 0 Å². The first-order valence-corrected chi connectivity index (χ1v) is 8.66. The van der Waals surface area contributed by atoms with E-state index in [4.69, 9.17) is 23.2 Å². The number of hydrogen-bond acceptors (Lipinski definition) is 1. The molecule has 2 aliphatic rings. The molecule has 2 aromatic rings. The quantitative estimate of drug-likeness (QED) is 0.664. The number of halogens is 2. The minimum absolute atomic E-state index is 0.429. The maximum atomic E-state index is 6.28. The zero-order valence-electron chi connectivity index (χ0n) is 12.6. The number of nitrogens with zero attached hydrogens (tertiary/aromatic N) is 1. The molecule has 2 aromatic carbocycles. The monoisotopic (exact) mass is 331 g/mol. The number of benzene rings is 2. The van der Waals surface area contributed by atoms with Crippen LogP contribution in [-0.4, -0.2) is 18.5 Å². The van der Waals surface area contributed by atoms with E-state index in [1.165, 1.54) is 29.5 Å². The Morgan fingerprint density at radius 1 is 1.00 bits per heavy atom. The third-order valence-electron chi connectivity index (χ3n) is 5.27. The second kappa shape index (κ2) is 5.56. The average molecular weight is 332 g/mol. The molecule has 1 saturated heterocycles. The predicted octanol–water partition coefficient (Wildman–Crippen LogP) is 5.52. The van der Waals surface area contributed by atoms with Crippen molar-refractivity contribution in [2.45, 2.75) is 24.8 Å². The summed E-state index contributed by atoms with van der Waals surface area (Å²) in [6, 6.07) is 15.2. The molecule has 3 unspecified atom stereocenters. The van der Waals surface area contributed by atoms with Crippen LogP contribution >= 0.6 is 23.2 Å². The SMILES string of the molecule is CN1CCCC2C(c3cccc(Cl)c3)c3ccc(Cl)cc3C21. The van der Waals surface area contributed by atoms with Gasteiger partial charge in [-0.2, -0.15) is 0 Å². The summed E-state index contributed by atoms with van der Waals surface area (Å²) < 4.78 is 0. The summed E-state index contributed by atoms with van der Waals surface area (Å²) in [5, 5.41) is 1.66. The zero-order chi connectivity index (χ0) is 15.3. The molecule has 0 amide bonds. The molecule has 1 aliphatic heterocycles. The number of piperidine rings is 1. The largest absolute Gasteiger partial charge is 0.299 e. The van der Waals surface area contributed by atoms with Gasteiger partial charge in [-0.1, -0.05) is 41.4 Å². The molecule has 3 atom stereocenters. The third kappa shape index (κ3) is 2.27. The fourth-order valence-electron chi connectivity index (χ4n) is 4.46. The first kappa shape index (κ1) is 14.6. The summed E-state index contributed by atoms with van der Waals surface area (Å²) in [6.45, 7) is 1.16. The average Bonchev–Trinajstić information content (AvgIpc) is 2.82. The number of fused-ring (bicyclic) bond motifs is 3. The predicted molar refractivity (Wildman–Crippen MR) is 92.8 cm³/mol. The summed E-state index contributed by atoms with van der Waals surface area (Å²) in [4.78, 5) is 2.49. The standard InChI is InChI=1S/C19H19Cl2N/c1-22-9-3-6-16-18(12-4-2-5-13(20)10-12)15-8-7-14(21)11-17(15)19(16)22/h2,4-5,7-8,10-11,16,18-19H,3,6,9H2,1H3. The van der Waals surface area contributed by atoms with Crippen molar-refractivity contribution in [1.29, 1.82) is 0 Å². The van der Waals surface area contributed by atoms with Crippen LogP contribution < -0.4 is 0 Å². The van der Waals surface area contributed by atoms with E-state index < -0.39 is 0 Å². The van der Waals surface area contributed by atoms with Crippen molar-refractivity contribution < 1.29 is 0 Å². The van der Waals surface area contributed by atoms with Gasteiger partial charge in [-0.15, -0.1) is 0 Å². The van der Waals surface area contributed by atoms with Crippen LogP contribution in [0.5, 0.6) is 0 Å². The molecule has 22 heavy (non-hydrogen) atoms. The minimum Gasteiger partial charge on any atom is -0.299 e. The van der Waals surface area contributed by atoms with E-state index >= 15 is 0 Å². The van der Waals surface area contributed by atoms with Crippen molar-refractivity contribution in [3.63, 3.8) is 0 Å². The van der Waals surface area contributed by atoms with E-state index in [0.29, 0.717) is 17.9 Å². The lowest BCUT2D eigenvalue weighted by Crippen LogP contribution is -2.34. The van der Waals surface area contributed by atoms with Gasteiger partial charge < -0.3 is 0 Å². The molecule has 1 nitrogen and oxygen atoms in total. The van der Waals surface area contributed by atoms with Gasteiger partial charge in [0.1, 0.15) is 0 Å². The fraction of sp³-hybridized carbons (Fsp3) is 0.368. The molecule has 1 heterocycles. The molecule has 0 saturated carbocycles. The Labute approximate surface area is 141 Å². The van der Waals surface area contributed by atoms with E-state index in [1.807, 2.05) is 12.1 Å². The van der Waals surface area contributed by atoms with Crippen molar-refractivity contribution in [3.05, 3.63) is 69.2 Å². The Bertz CT molecular complexity index is 712. The normalized spacial score (nSPS) is 27.5. The molecule has 1 fully saturated rings. The molecule has 3 heteroatoms. The molecular formula is C19H19Cl2N. The van der Waals surface area contributed by atoms with Crippen LogP contribution in [0.1, 0.15) is 41.5 Å². The fourth-order valence-corrected chi connectivity index (χ4v) is 4.84. The first-order chi connectivity index (χ1) is 10.6. The van der Waals surface area contributed by atoms with Crippen LogP contribution in [0.2, 0.25) is 10.0 Å². The van der Waals surface area contributed by atoms with Crippen LogP contribution in [0, 0.1) is 5.92 Å². The van der Waals surface area contributed by atoms with Gasteiger partial charge in [0.15, 0.2) is 0 Å². The Morgan fingerprint density at radius 3 is 2.64 bits per heavy atom. The second-order valence-electron chi connectivity index (χ2n) is 6.54. The van der Waals surface area contributed by atoms with Crippen molar-refractivity contribution in [2.75, 3.05) is 13.6 Å². The lowest BCUT2D eigenvalue weighted by Gasteiger charge is -2.37. The van der Waals surface area contributed by atoms with E-state index in [2.05, 4.69) is 42.3 Å². The zero-order valence-corrected chi connectivity index (χ0v) is 14.1. The van der Waals surface area contributed by atoms with Crippen LogP contribution in [0.3, 0.4) is 0 Å². The van der Waals surface area contributed by atoms with Crippen molar-refractivity contribution in [1.82, 2.24) is 4.90 Å². The van der Waals surface area contributed by atoms with Gasteiger partial charge in [0.05, 0.1) is 0 Å². The summed E-state index contributed by atoms with van der Waals surface area (Å²) >= 11 is 12.5. The van der Waals surface area contributed by atoms with Gasteiger partial charge in [-0.3, -0.25) is 4.90 Å². The maximum absolute atomic E-state index is 6.28. The van der Waals surface area contributed by atoms with Gasteiger partial charge in [0.25, 0.3) is 0 Å². The summed E-state index contributed by atoms with van der Waals surface area (Å²) in [5.41, 5.74) is 4.17. The Balaban J connectivity index is 1.88. The molecular weight excluding hydrogens is 313 g/mol. The van der Waals surface area contributed by atoms with E-state index in [-0.39, 0.29) is 0 Å². The summed E-state index contributed by atoms with van der Waals surface area (Å²) in [7, 11) is 2.24. The topological polar surface area (TPSA) is 3.24 Å². The number of likely N-dealkylation sites (tertiary alicyclic amines) is 1. The molecule has 114 valence electrons. The van der Waals surface area contributed by atoms with Crippen molar-refractivity contribution in [3.8, 4) is 0 Å². The van der Waals surface area contributed by atoms with Crippen LogP contribution in [0.4, 0.5) is 0 Å². The Hall–Kier alpha value is -1.02. The molecule has 1 aliphatic carbocycles. The lowest BCUT2D eigenvalue weighted by atomic mass is 9.80. The Morgan fingerprint density at radius 2 is 1.82 bits per heavy atom. The molecule has 0 N–H and O–H groups in total. The minimum atomic E-state index is 0.429. The summed E-state index contributed by atoms with van der Waals surface area (Å²) in [5.74, 6) is 1.05. The highest BCUT2D eigenvalue weighted by Gasteiger charge is 2.44. The van der Waals surface area contributed by atoms with Gasteiger partial charge >= 0.3 is 0 Å². The van der Waals surface area contributed by atoms with Crippen molar-refractivity contribution in [2.24, 2.45) is 5.92 Å². The van der Waals surface area contributed by atoms with E-state index in [0.717, 1.165) is 16.6 Å². The second-order valence-corrected chi connectivity index (χ2v) is 7.41. The lowest BCUT2D eigenvalue weighted by molar-refractivity contribution is 0.127. The number of hydrogen-bond donors (Lipinski definition) is 0. The van der Waals surface area contributed by atoms with Gasteiger partial charge in [-0.05, 0) is 73.3 Å². The Kier molecular flexibility index (Phi) is 3.68. The highest BCUT2D eigenvalue weighted by Crippen LogP contribution is 2.54. The molecule has 0 radical (unpaired) electrons. The van der Waals surface area contributed by atoms with Crippen LogP contribution in [0.25, 0.3) is 0 Å². The van der Waals surface area contributed by atoms with Gasteiger partial charge in [0.2, 0.25) is 0 Å². The summed E-state index contributed by atoms with van der Waals surface area (Å²) in [6.07, 6.45) is 2.52. The van der Waals surface area contributed by atoms with Gasteiger partial charge in [0, 0.05) is 22.0 Å². The highest BCUT2D eigenvalue weighted by atomic mass is 35.5. The molecule has 0 aromatic heterocycles. The van der Waals surface area contributed by atoms with E-state index in [9.17, 15) is 0 Å². The maximum Gasteiger partial charge on any atom is 0.0409 e. The molecule has 0 spiro atoms. The molecule has 0 bridgehead atoms. The first-order valence-electron chi connectivity index (χ1n) is 7.90. The number of rotatable bonds is 1. The van der Waals surface area contributed by atoms with Gasteiger partial charge in [-0.25, -0.2) is 0 Å². The third-order valence-corrected chi connectivity index (χ3v) is 5.74. The smallest absolute Gasteiger partial charge is 0.0409 e.